The highest BCUT2D eigenvalue weighted by Crippen LogP contribution is 2.04. The van der Waals surface area contributed by atoms with Crippen LogP contribution in [0.1, 0.15) is 38.5 Å². The van der Waals surface area contributed by atoms with Crippen molar-refractivity contribution in [2.45, 2.75) is 56.7 Å². The summed E-state index contributed by atoms with van der Waals surface area (Å²) in [6, 6.07) is -2.84. The summed E-state index contributed by atoms with van der Waals surface area (Å²) in [5, 5.41) is 4.97. The molecule has 0 unspecified atom stereocenters. The van der Waals surface area contributed by atoms with E-state index in [0.717, 1.165) is 0 Å². The van der Waals surface area contributed by atoms with Gasteiger partial charge in [-0.25, -0.2) is 0 Å². The fourth-order valence-corrected chi connectivity index (χ4v) is 2.32. The minimum atomic E-state index is -1.06. The Morgan fingerprint density at radius 2 is 1.64 bits per heavy atom. The number of nitrogens with one attached hydrogen (secondary N) is 2. The van der Waals surface area contributed by atoms with E-state index in [2.05, 4.69) is 15.6 Å². The van der Waals surface area contributed by atoms with Gasteiger partial charge in [-0.05, 0) is 38.6 Å². The summed E-state index contributed by atoms with van der Waals surface area (Å²) in [6.07, 6.45) is 2.43. The van der Waals surface area contributed by atoms with Gasteiger partial charge in [0.15, 0.2) is 5.96 Å². The molecular weight excluding hydrogens is 368 g/mol. The van der Waals surface area contributed by atoms with Crippen LogP contribution in [0.5, 0.6) is 0 Å². The quantitative estimate of drug-likeness (QED) is 0.0629. The largest absolute Gasteiger partial charge is 0.370 e. The van der Waals surface area contributed by atoms with E-state index in [1.807, 2.05) is 0 Å². The highest BCUT2D eigenvalue weighted by Gasteiger charge is 2.25. The molecule has 0 bridgehead atoms. The molecule has 0 aromatic carbocycles. The van der Waals surface area contributed by atoms with Crippen LogP contribution in [-0.2, 0) is 19.2 Å². The number of amides is 3. The van der Waals surface area contributed by atoms with Gasteiger partial charge in [-0.2, -0.15) is 0 Å². The molecule has 0 aliphatic carbocycles. The van der Waals surface area contributed by atoms with Gasteiger partial charge in [0.05, 0.1) is 18.5 Å². The molecule has 12 N–H and O–H groups in total. The van der Waals surface area contributed by atoms with Gasteiger partial charge in [0, 0.05) is 6.54 Å². The molecule has 12 nitrogen and oxygen atoms in total. The third kappa shape index (κ3) is 11.8. The summed E-state index contributed by atoms with van der Waals surface area (Å²) in [7, 11) is 0. The summed E-state index contributed by atoms with van der Waals surface area (Å²) in [4.78, 5) is 50.5. The molecule has 0 aromatic heterocycles. The van der Waals surface area contributed by atoms with Crippen LogP contribution >= 0.6 is 0 Å². The molecule has 0 aromatic rings. The van der Waals surface area contributed by atoms with Crippen molar-refractivity contribution >= 4 is 30.0 Å². The Morgan fingerprint density at radius 3 is 2.18 bits per heavy atom. The van der Waals surface area contributed by atoms with Crippen molar-refractivity contribution < 1.29 is 19.2 Å². The van der Waals surface area contributed by atoms with Crippen molar-refractivity contribution in [3.63, 3.8) is 0 Å². The summed E-state index contributed by atoms with van der Waals surface area (Å²) < 4.78 is 0. The summed E-state index contributed by atoms with van der Waals surface area (Å²) in [6.45, 7) is 0.767. The van der Waals surface area contributed by atoms with E-state index in [1.54, 1.807) is 0 Å². The first-order valence-corrected chi connectivity index (χ1v) is 9.06. The molecule has 0 aliphatic rings. The minimum absolute atomic E-state index is 0.0460. The van der Waals surface area contributed by atoms with Crippen molar-refractivity contribution in [3.05, 3.63) is 0 Å². The number of guanidine groups is 1. The molecular formula is C16H32N8O4. The lowest BCUT2D eigenvalue weighted by Crippen LogP contribution is -2.53. The standard InChI is InChI=1S/C16H32N8O4/c17-6-2-1-5-12(15(28)23-10(9-25)8-13(19)26)24-14(27)11(18)4-3-7-22-16(20)21/h9-12H,1-8,17-18H2,(H2,19,26)(H,23,28)(H,24,27)(H4,20,21,22)/t10-,11-,12-/m0/s1. The molecule has 0 heterocycles. The van der Waals surface area contributed by atoms with Gasteiger partial charge in [0.2, 0.25) is 17.7 Å². The monoisotopic (exact) mass is 400 g/mol. The minimum Gasteiger partial charge on any atom is -0.370 e. The fraction of sp³-hybridized carbons (Fsp3) is 0.688. The number of nitrogens with two attached hydrogens (primary N) is 5. The maximum absolute atomic E-state index is 12.4. The van der Waals surface area contributed by atoms with Gasteiger partial charge >= 0.3 is 0 Å². The molecule has 0 radical (unpaired) electrons. The highest BCUT2D eigenvalue weighted by molar-refractivity contribution is 5.91. The summed E-state index contributed by atoms with van der Waals surface area (Å²) in [5.74, 6) is -1.90. The Labute approximate surface area is 164 Å². The number of carbonyl (C=O) groups excluding carboxylic acids is 4. The van der Waals surface area contributed by atoms with Crippen LogP contribution in [0.15, 0.2) is 4.99 Å². The van der Waals surface area contributed by atoms with Crippen molar-refractivity contribution in [2.24, 2.45) is 33.7 Å². The average molecular weight is 400 g/mol. The Morgan fingerprint density at radius 1 is 0.964 bits per heavy atom. The van der Waals surface area contributed by atoms with Crippen LogP contribution in [0.3, 0.4) is 0 Å². The SMILES string of the molecule is NCCCC[C@H](NC(=O)[C@@H](N)CCCN=C(N)N)C(=O)N[C@H](C=O)CC(N)=O. The number of aliphatic imine (C=N–C) groups is 1. The molecule has 160 valence electrons. The first-order valence-electron chi connectivity index (χ1n) is 9.06. The number of hydrogen-bond acceptors (Lipinski definition) is 7. The summed E-state index contributed by atoms with van der Waals surface area (Å²) >= 11 is 0. The smallest absolute Gasteiger partial charge is 0.243 e. The van der Waals surface area contributed by atoms with Crippen LogP contribution in [-0.4, -0.2) is 61.2 Å². The van der Waals surface area contributed by atoms with E-state index in [0.29, 0.717) is 51.5 Å². The van der Waals surface area contributed by atoms with Gasteiger partial charge in [-0.15, -0.1) is 0 Å². The first kappa shape index (κ1) is 25.3. The van der Waals surface area contributed by atoms with Gasteiger partial charge in [0.25, 0.3) is 0 Å². The molecule has 0 spiro atoms. The lowest BCUT2D eigenvalue weighted by Gasteiger charge is -2.22. The topological polar surface area (TPSA) is 235 Å². The van der Waals surface area contributed by atoms with Gasteiger partial charge < -0.3 is 44.1 Å². The summed E-state index contributed by atoms with van der Waals surface area (Å²) in [5.41, 5.74) is 26.8. The van der Waals surface area contributed by atoms with Crippen molar-refractivity contribution in [3.8, 4) is 0 Å². The zero-order valence-corrected chi connectivity index (χ0v) is 15.9. The number of rotatable bonds is 15. The average Bonchev–Trinajstić information content (AvgIpc) is 2.62. The zero-order valence-electron chi connectivity index (χ0n) is 15.9. The van der Waals surface area contributed by atoms with Gasteiger partial charge in [-0.3, -0.25) is 19.4 Å². The number of aldehydes is 1. The molecule has 0 fully saturated rings. The third-order valence-corrected chi connectivity index (χ3v) is 3.80. The number of primary amides is 1. The van der Waals surface area contributed by atoms with Crippen LogP contribution in [0.2, 0.25) is 0 Å². The maximum atomic E-state index is 12.4. The van der Waals surface area contributed by atoms with Crippen LogP contribution in [0.4, 0.5) is 0 Å². The van der Waals surface area contributed by atoms with Crippen LogP contribution < -0.4 is 39.3 Å². The molecule has 3 amide bonds. The molecule has 3 atom stereocenters. The van der Waals surface area contributed by atoms with Gasteiger partial charge in [-0.1, -0.05) is 0 Å². The van der Waals surface area contributed by atoms with E-state index in [9.17, 15) is 19.2 Å². The Balaban J connectivity index is 4.81. The zero-order chi connectivity index (χ0) is 21.5. The Hall–Kier alpha value is -2.73. The maximum Gasteiger partial charge on any atom is 0.243 e. The fourth-order valence-electron chi connectivity index (χ4n) is 2.32. The Bertz CT molecular complexity index is 551. The normalized spacial score (nSPS) is 13.6. The predicted octanol–water partition coefficient (Wildman–Crippen LogP) is -3.46. The number of carbonyl (C=O) groups is 4. The van der Waals surface area contributed by atoms with Crippen molar-refractivity contribution in [1.29, 1.82) is 0 Å². The third-order valence-electron chi connectivity index (χ3n) is 3.80. The molecule has 0 rings (SSSR count). The molecule has 28 heavy (non-hydrogen) atoms. The van der Waals surface area contributed by atoms with E-state index >= 15 is 0 Å². The van der Waals surface area contributed by atoms with E-state index < -0.39 is 35.8 Å². The number of unbranched alkanes of at least 4 members (excludes halogenated alkanes) is 1. The second-order valence-electron chi connectivity index (χ2n) is 6.32. The number of hydrogen-bond donors (Lipinski definition) is 7. The number of nitrogens with zero attached hydrogens (tertiary/aromatic N) is 1. The molecule has 0 saturated heterocycles. The molecule has 0 saturated carbocycles. The van der Waals surface area contributed by atoms with Crippen LogP contribution in [0.25, 0.3) is 0 Å². The highest BCUT2D eigenvalue weighted by atomic mass is 16.2. The van der Waals surface area contributed by atoms with Gasteiger partial charge in [0.1, 0.15) is 12.3 Å². The first-order chi connectivity index (χ1) is 13.2. The molecule has 0 aliphatic heterocycles. The van der Waals surface area contributed by atoms with E-state index in [-0.39, 0.29) is 12.4 Å². The second-order valence-corrected chi connectivity index (χ2v) is 6.32. The van der Waals surface area contributed by atoms with E-state index in [1.165, 1.54) is 0 Å². The van der Waals surface area contributed by atoms with Crippen LogP contribution in [0, 0.1) is 0 Å². The van der Waals surface area contributed by atoms with Crippen molar-refractivity contribution in [2.75, 3.05) is 13.1 Å². The lowest BCUT2D eigenvalue weighted by molar-refractivity contribution is -0.131. The lowest BCUT2D eigenvalue weighted by atomic mass is 10.1. The Kier molecular flexibility index (Phi) is 12.9. The second kappa shape index (κ2) is 14.3. The molecule has 12 heteroatoms. The van der Waals surface area contributed by atoms with Crippen molar-refractivity contribution in [1.82, 2.24) is 10.6 Å². The predicted molar refractivity (Wildman–Crippen MR) is 105 cm³/mol. The van der Waals surface area contributed by atoms with E-state index in [4.69, 9.17) is 28.7 Å².